The van der Waals surface area contributed by atoms with E-state index in [1.165, 1.54) is 11.3 Å². The number of nitrogen functional groups attached to an aromatic ring is 1. The van der Waals surface area contributed by atoms with Crippen molar-refractivity contribution in [3.05, 3.63) is 10.9 Å². The van der Waals surface area contributed by atoms with Crippen LogP contribution in [0.5, 0.6) is 0 Å². The summed E-state index contributed by atoms with van der Waals surface area (Å²) in [5.74, 6) is -0.0449. The van der Waals surface area contributed by atoms with Crippen molar-refractivity contribution in [2.75, 3.05) is 18.1 Å². The number of nitrogens with one attached hydrogen (secondary N) is 2. The number of nitrogens with two attached hydrogens (primary N) is 1. The summed E-state index contributed by atoms with van der Waals surface area (Å²) in [4.78, 5) is 12.2. The lowest BCUT2D eigenvalue weighted by Gasteiger charge is -2.00. The topological polar surface area (TPSA) is 67.1 Å². The number of carbonyl (C=O) groups is 1. The largest absolute Gasteiger partial charge is 0.397 e. The van der Waals surface area contributed by atoms with E-state index < -0.39 is 0 Å². The van der Waals surface area contributed by atoms with Gasteiger partial charge in [0.05, 0.1) is 10.7 Å². The van der Waals surface area contributed by atoms with Crippen molar-refractivity contribution in [1.82, 2.24) is 5.32 Å². The summed E-state index contributed by atoms with van der Waals surface area (Å²) in [6.07, 6.45) is 2.19. The van der Waals surface area contributed by atoms with Crippen LogP contribution in [0.25, 0.3) is 0 Å². The molecule has 1 aliphatic rings. The van der Waals surface area contributed by atoms with Gasteiger partial charge >= 0.3 is 0 Å². The second kappa shape index (κ2) is 3.49. The summed E-state index contributed by atoms with van der Waals surface area (Å²) in [5, 5.41) is 6.80. The third-order valence-electron chi connectivity index (χ3n) is 2.13. The number of carbonyl (C=O) groups excluding carboxylic acids is 1. The Kier molecular flexibility index (Phi) is 2.33. The van der Waals surface area contributed by atoms with Crippen LogP contribution in [0, 0.1) is 0 Å². The van der Waals surface area contributed by atoms with E-state index in [2.05, 4.69) is 10.6 Å². The first-order valence-electron chi connectivity index (χ1n) is 4.58. The van der Waals surface area contributed by atoms with E-state index in [1.807, 2.05) is 7.05 Å². The predicted molar refractivity (Wildman–Crippen MR) is 58.8 cm³/mol. The summed E-state index contributed by atoms with van der Waals surface area (Å²) < 4.78 is 0. The van der Waals surface area contributed by atoms with Gasteiger partial charge in [-0.25, -0.2) is 0 Å². The van der Waals surface area contributed by atoms with Crippen molar-refractivity contribution in [3.63, 3.8) is 0 Å². The standard InChI is InChI=1S/C9H13N3OS/c1-11-7-4-6(10)8(14-7)9(13)12-5-2-3-5/h4-5,11H,2-3,10H2,1H3,(H,12,13). The van der Waals surface area contributed by atoms with Crippen LogP contribution in [0.2, 0.25) is 0 Å². The molecule has 4 nitrogen and oxygen atoms in total. The minimum absolute atomic E-state index is 0.0449. The highest BCUT2D eigenvalue weighted by Crippen LogP contribution is 2.29. The van der Waals surface area contributed by atoms with E-state index in [9.17, 15) is 4.79 Å². The van der Waals surface area contributed by atoms with Gasteiger partial charge in [-0.3, -0.25) is 4.79 Å². The van der Waals surface area contributed by atoms with Crippen LogP contribution in [0.1, 0.15) is 22.5 Å². The molecule has 1 heterocycles. The van der Waals surface area contributed by atoms with Crippen molar-refractivity contribution < 1.29 is 4.79 Å². The lowest BCUT2D eigenvalue weighted by molar-refractivity contribution is 0.0956. The van der Waals surface area contributed by atoms with Crippen molar-refractivity contribution >= 4 is 27.9 Å². The lowest BCUT2D eigenvalue weighted by atomic mass is 10.3. The molecule has 1 fully saturated rings. The molecule has 0 spiro atoms. The monoisotopic (exact) mass is 211 g/mol. The highest BCUT2D eigenvalue weighted by molar-refractivity contribution is 7.18. The minimum atomic E-state index is -0.0449. The summed E-state index contributed by atoms with van der Waals surface area (Å²) in [6.45, 7) is 0. The molecule has 5 heteroatoms. The molecule has 4 N–H and O–H groups in total. The fraction of sp³-hybridized carbons (Fsp3) is 0.444. The van der Waals surface area contributed by atoms with Gasteiger partial charge in [-0.15, -0.1) is 11.3 Å². The van der Waals surface area contributed by atoms with Gasteiger partial charge in [-0.2, -0.15) is 0 Å². The molecule has 0 bridgehead atoms. The van der Waals surface area contributed by atoms with Crippen LogP contribution >= 0.6 is 11.3 Å². The third-order valence-corrected chi connectivity index (χ3v) is 3.29. The van der Waals surface area contributed by atoms with E-state index in [1.54, 1.807) is 6.07 Å². The Hall–Kier alpha value is -1.23. The molecule has 2 rings (SSSR count). The SMILES string of the molecule is CNc1cc(N)c(C(=O)NC2CC2)s1. The highest BCUT2D eigenvalue weighted by atomic mass is 32.1. The predicted octanol–water partition coefficient (Wildman–Crippen LogP) is 1.26. The lowest BCUT2D eigenvalue weighted by Crippen LogP contribution is -2.25. The maximum atomic E-state index is 11.6. The third kappa shape index (κ3) is 1.82. The van der Waals surface area contributed by atoms with Crippen molar-refractivity contribution in [2.24, 2.45) is 0 Å². The molecule has 0 saturated heterocycles. The second-order valence-corrected chi connectivity index (χ2v) is 4.45. The number of thiophene rings is 1. The van der Waals surface area contributed by atoms with Gasteiger partial charge in [-0.1, -0.05) is 0 Å². The van der Waals surface area contributed by atoms with Gasteiger partial charge in [-0.05, 0) is 18.9 Å². The summed E-state index contributed by atoms with van der Waals surface area (Å²) in [5.41, 5.74) is 6.28. The Labute approximate surface area is 86.5 Å². The number of amides is 1. The van der Waals surface area contributed by atoms with E-state index in [0.29, 0.717) is 16.6 Å². The summed E-state index contributed by atoms with van der Waals surface area (Å²) >= 11 is 1.39. The second-order valence-electron chi connectivity index (χ2n) is 3.39. The Bertz CT molecular complexity index is 357. The molecule has 0 aromatic carbocycles. The first-order chi connectivity index (χ1) is 6.70. The molecule has 0 aliphatic heterocycles. The average Bonchev–Trinajstić information content (AvgIpc) is 2.87. The Morgan fingerprint density at radius 3 is 2.86 bits per heavy atom. The zero-order valence-electron chi connectivity index (χ0n) is 7.96. The number of hydrogen-bond donors (Lipinski definition) is 3. The van der Waals surface area contributed by atoms with E-state index in [4.69, 9.17) is 5.73 Å². The van der Waals surface area contributed by atoms with Crippen molar-refractivity contribution in [3.8, 4) is 0 Å². The minimum Gasteiger partial charge on any atom is -0.397 e. The van der Waals surface area contributed by atoms with Crippen LogP contribution in [-0.2, 0) is 0 Å². The molecule has 0 unspecified atom stereocenters. The molecule has 76 valence electrons. The quantitative estimate of drug-likeness (QED) is 0.705. The molecule has 0 atom stereocenters. The number of anilines is 2. The first-order valence-corrected chi connectivity index (χ1v) is 5.40. The Morgan fingerprint density at radius 1 is 1.64 bits per heavy atom. The van der Waals surface area contributed by atoms with Crippen molar-refractivity contribution in [2.45, 2.75) is 18.9 Å². The van der Waals surface area contributed by atoms with Gasteiger partial charge in [0.1, 0.15) is 4.88 Å². The van der Waals surface area contributed by atoms with Crippen LogP contribution in [-0.4, -0.2) is 19.0 Å². The zero-order chi connectivity index (χ0) is 10.1. The molecule has 1 saturated carbocycles. The van der Waals surface area contributed by atoms with Crippen LogP contribution in [0.15, 0.2) is 6.07 Å². The van der Waals surface area contributed by atoms with Gasteiger partial charge in [0.25, 0.3) is 5.91 Å². The molecular weight excluding hydrogens is 198 g/mol. The van der Waals surface area contributed by atoms with E-state index in [0.717, 1.165) is 17.8 Å². The normalized spacial score (nSPS) is 15.2. The van der Waals surface area contributed by atoms with E-state index >= 15 is 0 Å². The van der Waals surface area contributed by atoms with Crippen LogP contribution in [0.4, 0.5) is 10.7 Å². The molecule has 1 aromatic heterocycles. The van der Waals surface area contributed by atoms with Gasteiger partial charge in [0.2, 0.25) is 0 Å². The summed E-state index contributed by atoms with van der Waals surface area (Å²) in [6, 6.07) is 2.16. The smallest absolute Gasteiger partial charge is 0.263 e. The van der Waals surface area contributed by atoms with Crippen LogP contribution < -0.4 is 16.4 Å². The maximum Gasteiger partial charge on any atom is 0.263 e. The Morgan fingerprint density at radius 2 is 2.36 bits per heavy atom. The molecule has 0 radical (unpaired) electrons. The number of rotatable bonds is 3. The molecular formula is C9H13N3OS. The first kappa shape index (κ1) is 9.33. The molecule has 1 aromatic rings. The van der Waals surface area contributed by atoms with Gasteiger partial charge < -0.3 is 16.4 Å². The fourth-order valence-electron chi connectivity index (χ4n) is 1.18. The fourth-order valence-corrected chi connectivity index (χ4v) is 2.02. The Balaban J connectivity index is 2.12. The molecule has 1 amide bonds. The molecule has 1 aliphatic carbocycles. The zero-order valence-corrected chi connectivity index (χ0v) is 8.78. The highest BCUT2D eigenvalue weighted by Gasteiger charge is 2.25. The van der Waals surface area contributed by atoms with Gasteiger partial charge in [0.15, 0.2) is 0 Å². The van der Waals surface area contributed by atoms with E-state index in [-0.39, 0.29) is 5.91 Å². The number of hydrogen-bond acceptors (Lipinski definition) is 4. The van der Waals surface area contributed by atoms with Crippen LogP contribution in [0.3, 0.4) is 0 Å². The van der Waals surface area contributed by atoms with Gasteiger partial charge in [0, 0.05) is 13.1 Å². The summed E-state index contributed by atoms with van der Waals surface area (Å²) in [7, 11) is 1.81. The average molecular weight is 211 g/mol. The molecule has 14 heavy (non-hydrogen) atoms. The van der Waals surface area contributed by atoms with Crippen molar-refractivity contribution in [1.29, 1.82) is 0 Å². The maximum absolute atomic E-state index is 11.6.